The molecule has 17 heavy (non-hydrogen) atoms. The molecule has 1 rings (SSSR count). The predicted molar refractivity (Wildman–Crippen MR) is 59.5 cm³/mol. The van der Waals surface area contributed by atoms with Crippen molar-refractivity contribution < 1.29 is 18.3 Å². The van der Waals surface area contributed by atoms with Gasteiger partial charge in [0, 0.05) is 10.0 Å². The topological polar surface area (TPSA) is 50.1 Å². The fourth-order valence-electron chi connectivity index (χ4n) is 1.36. The number of methoxy groups -OCH3 is 1. The van der Waals surface area contributed by atoms with E-state index in [1.165, 1.54) is 19.2 Å². The van der Waals surface area contributed by atoms with Crippen molar-refractivity contribution in [3.8, 4) is 6.07 Å². The van der Waals surface area contributed by atoms with E-state index in [1.54, 1.807) is 6.07 Å². The molecule has 0 unspecified atom stereocenters. The van der Waals surface area contributed by atoms with Crippen LogP contribution in [0.25, 0.3) is 0 Å². The quantitative estimate of drug-likeness (QED) is 0.807. The average Bonchev–Trinajstić information content (AvgIpc) is 2.30. The summed E-state index contributed by atoms with van der Waals surface area (Å²) in [5.74, 6) is -0.580. The molecule has 0 radical (unpaired) electrons. The Morgan fingerprint density at radius 1 is 1.59 bits per heavy atom. The van der Waals surface area contributed by atoms with Gasteiger partial charge in [0.2, 0.25) is 0 Å². The summed E-state index contributed by atoms with van der Waals surface area (Å²) in [4.78, 5) is 11.1. The lowest BCUT2D eigenvalue weighted by Gasteiger charge is -2.10. The lowest BCUT2D eigenvalue weighted by molar-refractivity contribution is -0.139. The van der Waals surface area contributed by atoms with E-state index in [0.29, 0.717) is 0 Å². The molecule has 0 saturated heterocycles. The van der Waals surface area contributed by atoms with Crippen molar-refractivity contribution in [3.63, 3.8) is 0 Å². The monoisotopic (exact) mass is 303 g/mol. The van der Waals surface area contributed by atoms with E-state index >= 15 is 0 Å². The molecule has 0 atom stereocenters. The van der Waals surface area contributed by atoms with Crippen molar-refractivity contribution in [2.75, 3.05) is 7.11 Å². The number of hydrogen-bond acceptors (Lipinski definition) is 3. The van der Waals surface area contributed by atoms with E-state index in [0.717, 1.165) is 0 Å². The van der Waals surface area contributed by atoms with Crippen molar-refractivity contribution >= 4 is 21.9 Å². The molecule has 0 aliphatic carbocycles. The summed E-state index contributed by atoms with van der Waals surface area (Å²) in [5.41, 5.74) is -0.341. The highest BCUT2D eigenvalue weighted by Crippen LogP contribution is 2.32. The van der Waals surface area contributed by atoms with Crippen molar-refractivity contribution in [3.05, 3.63) is 33.3 Å². The minimum absolute atomic E-state index is 0.151. The smallest absolute Gasteiger partial charge is 0.310 e. The Morgan fingerprint density at radius 3 is 2.71 bits per heavy atom. The third-order valence-electron chi connectivity index (χ3n) is 2.17. The van der Waals surface area contributed by atoms with Crippen LogP contribution in [0.15, 0.2) is 16.6 Å². The molecule has 0 aliphatic heterocycles. The lowest BCUT2D eigenvalue weighted by Crippen LogP contribution is -2.08. The molecular formula is C11H8BrF2NO2. The van der Waals surface area contributed by atoms with E-state index in [-0.39, 0.29) is 22.0 Å². The second-order valence-electron chi connectivity index (χ2n) is 3.16. The van der Waals surface area contributed by atoms with Gasteiger partial charge >= 0.3 is 5.97 Å². The fraction of sp³-hybridized carbons (Fsp3) is 0.273. The molecule has 90 valence electrons. The van der Waals surface area contributed by atoms with Gasteiger partial charge in [-0.15, -0.1) is 0 Å². The summed E-state index contributed by atoms with van der Waals surface area (Å²) in [6, 6.07) is 4.54. The number of hydrogen-bond donors (Lipinski definition) is 0. The van der Waals surface area contributed by atoms with E-state index in [1.807, 2.05) is 0 Å². The molecule has 0 aliphatic rings. The number of esters is 1. The predicted octanol–water partition coefficient (Wildman–Crippen LogP) is 2.97. The molecule has 0 bridgehead atoms. The molecule has 0 fully saturated rings. The van der Waals surface area contributed by atoms with Crippen LogP contribution in [0.2, 0.25) is 0 Å². The Balaban J connectivity index is 3.29. The summed E-state index contributed by atoms with van der Waals surface area (Å²) in [6.07, 6.45) is -2.98. The van der Waals surface area contributed by atoms with Gasteiger partial charge in [-0.2, -0.15) is 5.26 Å². The van der Waals surface area contributed by atoms with E-state index < -0.39 is 18.0 Å². The van der Waals surface area contributed by atoms with E-state index in [4.69, 9.17) is 5.26 Å². The Morgan fingerprint density at radius 2 is 2.24 bits per heavy atom. The van der Waals surface area contributed by atoms with Gasteiger partial charge in [-0.05, 0) is 11.6 Å². The summed E-state index contributed by atoms with van der Waals surface area (Å²) in [5, 5.41) is 8.90. The van der Waals surface area contributed by atoms with Gasteiger partial charge in [-0.1, -0.05) is 22.0 Å². The Labute approximate surface area is 105 Å². The first kappa shape index (κ1) is 13.6. The third kappa shape index (κ3) is 3.01. The molecule has 3 nitrogen and oxygen atoms in total. The largest absolute Gasteiger partial charge is 0.469 e. The number of nitriles is 1. The molecular weight excluding hydrogens is 296 g/mol. The molecule has 0 heterocycles. The molecule has 0 N–H and O–H groups in total. The first-order valence-electron chi connectivity index (χ1n) is 4.57. The van der Waals surface area contributed by atoms with Gasteiger partial charge in [-0.3, -0.25) is 4.79 Å². The highest BCUT2D eigenvalue weighted by Gasteiger charge is 2.21. The second kappa shape index (κ2) is 5.73. The normalized spacial score (nSPS) is 10.1. The van der Waals surface area contributed by atoms with Crippen LogP contribution in [0.4, 0.5) is 8.78 Å². The first-order chi connectivity index (χ1) is 8.01. The van der Waals surface area contributed by atoms with E-state index in [9.17, 15) is 13.6 Å². The third-order valence-corrected chi connectivity index (χ3v) is 2.86. The van der Waals surface area contributed by atoms with Gasteiger partial charge in [0.25, 0.3) is 6.43 Å². The maximum atomic E-state index is 12.8. The molecule has 0 aromatic heterocycles. The number of nitrogens with zero attached hydrogens (tertiary/aromatic N) is 1. The molecule has 1 aromatic rings. The van der Waals surface area contributed by atoms with Crippen molar-refractivity contribution in [2.45, 2.75) is 12.8 Å². The number of ether oxygens (including phenoxy) is 1. The van der Waals surface area contributed by atoms with Gasteiger partial charge in [0.05, 0.1) is 25.2 Å². The van der Waals surface area contributed by atoms with Crippen molar-refractivity contribution in [1.82, 2.24) is 0 Å². The van der Waals surface area contributed by atoms with Gasteiger partial charge in [-0.25, -0.2) is 8.78 Å². The Hall–Kier alpha value is -1.48. The number of carbonyl (C=O) groups is 1. The zero-order valence-corrected chi connectivity index (χ0v) is 10.4. The highest BCUT2D eigenvalue weighted by atomic mass is 79.9. The van der Waals surface area contributed by atoms with Crippen LogP contribution in [0.5, 0.6) is 0 Å². The summed E-state index contributed by atoms with van der Waals surface area (Å²) in [7, 11) is 1.20. The van der Waals surface area contributed by atoms with Crippen LogP contribution in [0.3, 0.4) is 0 Å². The summed E-state index contributed by atoms with van der Waals surface area (Å²) >= 11 is 2.96. The van der Waals surface area contributed by atoms with Gasteiger partial charge in [0.1, 0.15) is 0 Å². The molecule has 6 heteroatoms. The van der Waals surface area contributed by atoms with Crippen LogP contribution in [-0.2, 0) is 16.0 Å². The molecule has 0 saturated carbocycles. The molecule has 0 spiro atoms. The number of halogens is 3. The van der Waals surface area contributed by atoms with Crippen molar-refractivity contribution in [2.24, 2.45) is 0 Å². The van der Waals surface area contributed by atoms with Gasteiger partial charge < -0.3 is 4.74 Å². The van der Waals surface area contributed by atoms with Crippen molar-refractivity contribution in [1.29, 1.82) is 5.26 Å². The number of benzene rings is 1. The van der Waals surface area contributed by atoms with E-state index in [2.05, 4.69) is 20.7 Å². The maximum Gasteiger partial charge on any atom is 0.310 e. The number of carbonyl (C=O) groups excluding carboxylic acids is 1. The molecule has 1 aromatic carbocycles. The van der Waals surface area contributed by atoms with Crippen LogP contribution < -0.4 is 0 Å². The van der Waals surface area contributed by atoms with Gasteiger partial charge in [0.15, 0.2) is 0 Å². The number of alkyl halides is 2. The SMILES string of the molecule is COC(=O)Cc1ccc(Br)c(C(F)F)c1C#N. The fourth-order valence-corrected chi connectivity index (χ4v) is 1.86. The Kier molecular flexibility index (Phi) is 4.58. The van der Waals surface area contributed by atoms with Crippen LogP contribution in [-0.4, -0.2) is 13.1 Å². The highest BCUT2D eigenvalue weighted by molar-refractivity contribution is 9.10. The summed E-state index contributed by atoms with van der Waals surface area (Å²) < 4.78 is 30.1. The summed E-state index contributed by atoms with van der Waals surface area (Å²) in [6.45, 7) is 0. The standard InChI is InChI=1S/C11H8BrF2NO2/c1-17-9(16)4-6-2-3-8(12)10(11(13)14)7(6)5-15/h2-3,11H,4H2,1H3. The Bertz CT molecular complexity index is 483. The number of rotatable bonds is 3. The van der Waals surface area contributed by atoms with Crippen LogP contribution in [0.1, 0.15) is 23.1 Å². The minimum atomic E-state index is -2.78. The first-order valence-corrected chi connectivity index (χ1v) is 5.36. The minimum Gasteiger partial charge on any atom is -0.469 e. The second-order valence-corrected chi connectivity index (χ2v) is 4.01. The maximum absolute atomic E-state index is 12.8. The van der Waals surface area contributed by atoms with Crippen LogP contribution >= 0.6 is 15.9 Å². The molecule has 0 amide bonds. The zero-order valence-electron chi connectivity index (χ0n) is 8.84. The zero-order chi connectivity index (χ0) is 13.0. The average molecular weight is 304 g/mol. The lowest BCUT2D eigenvalue weighted by atomic mass is 10.00. The van der Waals surface area contributed by atoms with Crippen LogP contribution in [0, 0.1) is 11.3 Å².